The molecule has 0 aliphatic heterocycles. The summed E-state index contributed by atoms with van der Waals surface area (Å²) in [6, 6.07) is 4.07. The lowest BCUT2D eigenvalue weighted by atomic mass is 10.0. The van der Waals surface area contributed by atoms with E-state index in [4.69, 9.17) is 22.1 Å². The molecule has 0 amide bonds. The topological polar surface area (TPSA) is 47.3 Å². The standard InChI is InChI=1S/C13H21ClN2O/c1-8(2)12(7-15)16-11-6-10(14)13(17-4)5-9(11)3/h5-6,8,12,16H,7,15H2,1-4H3. The van der Waals surface area contributed by atoms with Gasteiger partial charge in [-0.15, -0.1) is 0 Å². The molecule has 1 aromatic rings. The molecule has 0 aliphatic rings. The van der Waals surface area contributed by atoms with Crippen LogP contribution >= 0.6 is 11.6 Å². The van der Waals surface area contributed by atoms with Crippen molar-refractivity contribution in [2.45, 2.75) is 26.8 Å². The second-order valence-corrected chi connectivity index (χ2v) is 4.94. The van der Waals surface area contributed by atoms with Gasteiger partial charge in [-0.05, 0) is 30.5 Å². The van der Waals surface area contributed by atoms with Crippen molar-refractivity contribution in [2.75, 3.05) is 19.0 Å². The Morgan fingerprint density at radius 1 is 1.41 bits per heavy atom. The number of aryl methyl sites for hydroxylation is 1. The molecule has 0 spiro atoms. The van der Waals surface area contributed by atoms with Gasteiger partial charge in [0.15, 0.2) is 0 Å². The van der Waals surface area contributed by atoms with Crippen LogP contribution in [-0.4, -0.2) is 19.7 Å². The maximum atomic E-state index is 6.11. The minimum absolute atomic E-state index is 0.248. The largest absolute Gasteiger partial charge is 0.495 e. The molecule has 0 saturated heterocycles. The number of nitrogens with one attached hydrogen (secondary N) is 1. The summed E-state index contributed by atoms with van der Waals surface area (Å²) in [6.45, 7) is 6.91. The summed E-state index contributed by atoms with van der Waals surface area (Å²) in [6.07, 6.45) is 0. The highest BCUT2D eigenvalue weighted by Crippen LogP contribution is 2.31. The van der Waals surface area contributed by atoms with E-state index in [1.165, 1.54) is 0 Å². The number of nitrogens with two attached hydrogens (primary N) is 1. The third-order valence-corrected chi connectivity index (χ3v) is 3.19. The van der Waals surface area contributed by atoms with E-state index >= 15 is 0 Å². The maximum Gasteiger partial charge on any atom is 0.137 e. The monoisotopic (exact) mass is 256 g/mol. The quantitative estimate of drug-likeness (QED) is 0.851. The fraction of sp³-hybridized carbons (Fsp3) is 0.538. The Morgan fingerprint density at radius 3 is 2.53 bits per heavy atom. The zero-order chi connectivity index (χ0) is 13.0. The number of ether oxygens (including phenoxy) is 1. The van der Waals surface area contributed by atoms with Gasteiger partial charge in [0.05, 0.1) is 12.1 Å². The normalized spacial score (nSPS) is 12.6. The first kappa shape index (κ1) is 14.1. The van der Waals surface area contributed by atoms with Crippen LogP contribution in [0.25, 0.3) is 0 Å². The average Bonchev–Trinajstić information content (AvgIpc) is 2.29. The van der Waals surface area contributed by atoms with E-state index in [0.29, 0.717) is 23.2 Å². The summed E-state index contributed by atoms with van der Waals surface area (Å²) in [5, 5.41) is 4.03. The van der Waals surface area contributed by atoms with Gasteiger partial charge >= 0.3 is 0 Å². The van der Waals surface area contributed by atoms with Crippen LogP contribution in [0.3, 0.4) is 0 Å². The summed E-state index contributed by atoms with van der Waals surface area (Å²) < 4.78 is 5.18. The lowest BCUT2D eigenvalue weighted by Gasteiger charge is -2.23. The molecule has 3 nitrogen and oxygen atoms in total. The second kappa shape index (κ2) is 6.12. The van der Waals surface area contributed by atoms with E-state index in [-0.39, 0.29) is 6.04 Å². The number of methoxy groups -OCH3 is 1. The number of halogens is 1. The van der Waals surface area contributed by atoms with Crippen molar-refractivity contribution in [3.8, 4) is 5.75 Å². The highest BCUT2D eigenvalue weighted by atomic mass is 35.5. The predicted octanol–water partition coefficient (Wildman–Crippen LogP) is 3.05. The Hall–Kier alpha value is -0.930. The van der Waals surface area contributed by atoms with Crippen molar-refractivity contribution in [1.29, 1.82) is 0 Å². The molecule has 3 N–H and O–H groups in total. The van der Waals surface area contributed by atoms with Crippen molar-refractivity contribution in [3.05, 3.63) is 22.7 Å². The summed E-state index contributed by atoms with van der Waals surface area (Å²) in [5.41, 5.74) is 7.86. The van der Waals surface area contributed by atoms with Crippen LogP contribution in [0, 0.1) is 12.8 Å². The molecule has 1 aromatic carbocycles. The Labute approximate surface area is 108 Å². The lowest BCUT2D eigenvalue weighted by Crippen LogP contribution is -2.33. The van der Waals surface area contributed by atoms with E-state index in [1.54, 1.807) is 7.11 Å². The second-order valence-electron chi connectivity index (χ2n) is 4.53. The zero-order valence-electron chi connectivity index (χ0n) is 10.9. The Balaban J connectivity index is 2.95. The average molecular weight is 257 g/mol. The predicted molar refractivity (Wildman–Crippen MR) is 74.0 cm³/mol. The molecule has 0 saturated carbocycles. The van der Waals surface area contributed by atoms with E-state index in [1.807, 2.05) is 19.1 Å². The minimum atomic E-state index is 0.248. The molecule has 1 unspecified atom stereocenters. The van der Waals surface area contributed by atoms with E-state index in [9.17, 15) is 0 Å². The van der Waals surface area contributed by atoms with Gasteiger partial charge in [-0.2, -0.15) is 0 Å². The van der Waals surface area contributed by atoms with Crippen molar-refractivity contribution in [2.24, 2.45) is 11.7 Å². The summed E-state index contributed by atoms with van der Waals surface area (Å²) in [4.78, 5) is 0. The van der Waals surface area contributed by atoms with Crippen molar-refractivity contribution < 1.29 is 4.74 Å². The van der Waals surface area contributed by atoms with Crippen LogP contribution in [0.4, 0.5) is 5.69 Å². The molecule has 0 aromatic heterocycles. The Kier molecular flexibility index (Phi) is 5.09. The summed E-state index contributed by atoms with van der Waals surface area (Å²) in [5.74, 6) is 1.17. The third-order valence-electron chi connectivity index (χ3n) is 2.90. The molecule has 0 radical (unpaired) electrons. The Bertz CT molecular complexity index is 380. The van der Waals surface area contributed by atoms with Gasteiger partial charge in [0.25, 0.3) is 0 Å². The number of hydrogen-bond acceptors (Lipinski definition) is 3. The van der Waals surface area contributed by atoms with Crippen molar-refractivity contribution in [1.82, 2.24) is 0 Å². The number of benzene rings is 1. The summed E-state index contributed by atoms with van der Waals surface area (Å²) in [7, 11) is 1.62. The zero-order valence-corrected chi connectivity index (χ0v) is 11.6. The number of rotatable bonds is 5. The number of anilines is 1. The first-order valence-corrected chi connectivity index (χ1v) is 6.18. The van der Waals surface area contributed by atoms with Crippen LogP contribution in [-0.2, 0) is 0 Å². The van der Waals surface area contributed by atoms with Crippen molar-refractivity contribution in [3.63, 3.8) is 0 Å². The van der Waals surface area contributed by atoms with Gasteiger partial charge in [-0.3, -0.25) is 0 Å². The van der Waals surface area contributed by atoms with Crippen LogP contribution in [0.5, 0.6) is 5.75 Å². The molecule has 17 heavy (non-hydrogen) atoms. The molecule has 0 fully saturated rings. The smallest absolute Gasteiger partial charge is 0.137 e. The van der Waals surface area contributed by atoms with Gasteiger partial charge in [0.1, 0.15) is 5.75 Å². The molecule has 96 valence electrons. The van der Waals surface area contributed by atoms with Gasteiger partial charge in [-0.25, -0.2) is 0 Å². The van der Waals surface area contributed by atoms with E-state index < -0.39 is 0 Å². The summed E-state index contributed by atoms with van der Waals surface area (Å²) >= 11 is 6.11. The van der Waals surface area contributed by atoms with Crippen LogP contribution in [0.15, 0.2) is 12.1 Å². The van der Waals surface area contributed by atoms with Crippen LogP contribution in [0.1, 0.15) is 19.4 Å². The van der Waals surface area contributed by atoms with Crippen LogP contribution < -0.4 is 15.8 Å². The van der Waals surface area contributed by atoms with Crippen LogP contribution in [0.2, 0.25) is 5.02 Å². The van der Waals surface area contributed by atoms with E-state index in [0.717, 1.165) is 11.3 Å². The van der Waals surface area contributed by atoms with Gasteiger partial charge in [0, 0.05) is 18.3 Å². The first-order valence-electron chi connectivity index (χ1n) is 5.80. The fourth-order valence-corrected chi connectivity index (χ4v) is 1.91. The molecule has 0 heterocycles. The SMILES string of the molecule is COc1cc(C)c(NC(CN)C(C)C)cc1Cl. The van der Waals surface area contributed by atoms with Gasteiger partial charge in [0.2, 0.25) is 0 Å². The van der Waals surface area contributed by atoms with Gasteiger partial charge < -0.3 is 15.8 Å². The molecular weight excluding hydrogens is 236 g/mol. The fourth-order valence-electron chi connectivity index (χ4n) is 1.66. The maximum absolute atomic E-state index is 6.11. The molecule has 1 atom stereocenters. The molecule has 0 bridgehead atoms. The number of hydrogen-bond donors (Lipinski definition) is 2. The molecular formula is C13H21ClN2O. The minimum Gasteiger partial charge on any atom is -0.495 e. The lowest BCUT2D eigenvalue weighted by molar-refractivity contribution is 0.414. The highest BCUT2D eigenvalue weighted by Gasteiger charge is 2.13. The highest BCUT2D eigenvalue weighted by molar-refractivity contribution is 6.32. The first-order chi connectivity index (χ1) is 7.99. The Morgan fingerprint density at radius 2 is 2.06 bits per heavy atom. The third kappa shape index (κ3) is 3.51. The molecule has 0 aliphatic carbocycles. The van der Waals surface area contributed by atoms with Crippen molar-refractivity contribution >= 4 is 17.3 Å². The van der Waals surface area contributed by atoms with E-state index in [2.05, 4.69) is 19.2 Å². The molecule has 4 heteroatoms. The molecule has 1 rings (SSSR count). The van der Waals surface area contributed by atoms with Gasteiger partial charge in [-0.1, -0.05) is 25.4 Å².